The Morgan fingerprint density at radius 1 is 1.28 bits per heavy atom. The van der Waals surface area contributed by atoms with Crippen molar-refractivity contribution in [2.75, 3.05) is 18.0 Å². The number of hydrogen-bond donors (Lipinski definition) is 1. The predicted octanol–water partition coefficient (Wildman–Crippen LogP) is 3.02. The number of hydrogen-bond acceptors (Lipinski definition) is 3. The maximum Gasteiger partial charge on any atom is 0.0557 e. The van der Waals surface area contributed by atoms with E-state index in [2.05, 4.69) is 28.9 Å². The molecule has 2 rings (SSSR count). The van der Waals surface area contributed by atoms with E-state index in [0.717, 1.165) is 44.5 Å². The van der Waals surface area contributed by atoms with E-state index in [4.69, 9.17) is 0 Å². The Bertz CT molecular complexity index is 324. The van der Waals surface area contributed by atoms with Crippen LogP contribution in [0, 0.1) is 0 Å². The molecule has 0 aliphatic carbocycles. The number of aryl methyl sites for hydroxylation is 1. The van der Waals surface area contributed by atoms with Gasteiger partial charge in [-0.05, 0) is 37.8 Å². The van der Waals surface area contributed by atoms with Crippen molar-refractivity contribution in [1.29, 1.82) is 0 Å². The highest BCUT2D eigenvalue weighted by Gasteiger charge is 2.15. The van der Waals surface area contributed by atoms with Gasteiger partial charge < -0.3 is 10.0 Å². The Morgan fingerprint density at radius 2 is 2.06 bits per heavy atom. The Morgan fingerprint density at radius 3 is 2.67 bits per heavy atom. The first-order valence-electron chi connectivity index (χ1n) is 7.17. The first-order chi connectivity index (χ1) is 8.79. The van der Waals surface area contributed by atoms with Crippen LogP contribution in [0.25, 0.3) is 0 Å². The van der Waals surface area contributed by atoms with Crippen LogP contribution in [0.3, 0.4) is 0 Å². The minimum atomic E-state index is -0.118. The highest BCUT2D eigenvalue weighted by Crippen LogP contribution is 2.19. The Kier molecular flexibility index (Phi) is 6.73. The molecule has 1 saturated heterocycles. The van der Waals surface area contributed by atoms with Crippen molar-refractivity contribution < 1.29 is 5.11 Å². The lowest BCUT2D eigenvalue weighted by Gasteiger charge is -2.22. The summed E-state index contributed by atoms with van der Waals surface area (Å²) < 4.78 is 0. The number of aliphatic hydroxyl groups excluding tert-OH is 1. The summed E-state index contributed by atoms with van der Waals surface area (Å²) >= 11 is 0. The fraction of sp³-hybridized carbons (Fsp3) is 0.667. The SMILES string of the molecule is CC.CCc1ccc(N2CCCC(O)CC2)cn1. The molecule has 0 spiro atoms. The van der Waals surface area contributed by atoms with Gasteiger partial charge in [-0.2, -0.15) is 0 Å². The normalized spacial score (nSPS) is 19.8. The van der Waals surface area contributed by atoms with Gasteiger partial charge in [0.25, 0.3) is 0 Å². The lowest BCUT2D eigenvalue weighted by Crippen LogP contribution is -2.24. The van der Waals surface area contributed by atoms with Crippen molar-refractivity contribution in [3.05, 3.63) is 24.0 Å². The standard InChI is InChI=1S/C13H20N2O.C2H6/c1-2-11-5-6-12(10-14-11)15-8-3-4-13(16)7-9-15;1-2/h5-6,10,13,16H,2-4,7-9H2,1H3;1-2H3. The number of pyridine rings is 1. The molecule has 1 aliphatic heterocycles. The van der Waals surface area contributed by atoms with Crippen molar-refractivity contribution in [1.82, 2.24) is 4.98 Å². The van der Waals surface area contributed by atoms with E-state index >= 15 is 0 Å². The molecule has 1 atom stereocenters. The van der Waals surface area contributed by atoms with Crippen LogP contribution in [0.5, 0.6) is 0 Å². The summed E-state index contributed by atoms with van der Waals surface area (Å²) in [4.78, 5) is 6.74. The van der Waals surface area contributed by atoms with Gasteiger partial charge in [-0.3, -0.25) is 4.98 Å². The van der Waals surface area contributed by atoms with Crippen molar-refractivity contribution >= 4 is 5.69 Å². The molecule has 0 radical (unpaired) electrons. The minimum absolute atomic E-state index is 0.118. The van der Waals surface area contributed by atoms with Gasteiger partial charge in [-0.1, -0.05) is 20.8 Å². The highest BCUT2D eigenvalue weighted by atomic mass is 16.3. The molecule has 1 aliphatic rings. The molecule has 0 saturated carbocycles. The van der Waals surface area contributed by atoms with Gasteiger partial charge in [0.1, 0.15) is 0 Å². The van der Waals surface area contributed by atoms with Gasteiger partial charge in [0, 0.05) is 18.8 Å². The van der Waals surface area contributed by atoms with Crippen LogP contribution >= 0.6 is 0 Å². The molecule has 1 aromatic rings. The van der Waals surface area contributed by atoms with E-state index in [0.29, 0.717) is 0 Å². The molecular formula is C15H26N2O. The first-order valence-corrected chi connectivity index (χ1v) is 7.17. The van der Waals surface area contributed by atoms with Crippen molar-refractivity contribution in [2.45, 2.75) is 52.6 Å². The van der Waals surface area contributed by atoms with E-state index in [-0.39, 0.29) is 6.10 Å². The summed E-state index contributed by atoms with van der Waals surface area (Å²) in [5, 5.41) is 9.59. The fourth-order valence-electron chi connectivity index (χ4n) is 2.15. The molecule has 102 valence electrons. The van der Waals surface area contributed by atoms with Crippen LogP contribution in [0.1, 0.15) is 45.7 Å². The summed E-state index contributed by atoms with van der Waals surface area (Å²) in [5.74, 6) is 0. The third-order valence-corrected chi connectivity index (χ3v) is 3.23. The Labute approximate surface area is 111 Å². The van der Waals surface area contributed by atoms with Crippen LogP contribution in [0.2, 0.25) is 0 Å². The van der Waals surface area contributed by atoms with E-state index in [1.54, 1.807) is 0 Å². The molecule has 1 N–H and O–H groups in total. The number of rotatable bonds is 2. The maximum absolute atomic E-state index is 9.59. The van der Waals surface area contributed by atoms with Gasteiger partial charge in [-0.15, -0.1) is 0 Å². The molecule has 1 aromatic heterocycles. The van der Waals surface area contributed by atoms with E-state index in [9.17, 15) is 5.11 Å². The number of aromatic nitrogens is 1. The van der Waals surface area contributed by atoms with Crippen molar-refractivity contribution in [3.63, 3.8) is 0 Å². The van der Waals surface area contributed by atoms with Crippen LogP contribution < -0.4 is 4.90 Å². The molecule has 0 bridgehead atoms. The Hall–Kier alpha value is -1.09. The summed E-state index contributed by atoms with van der Waals surface area (Å²) in [6, 6.07) is 4.24. The average molecular weight is 250 g/mol. The topological polar surface area (TPSA) is 36.4 Å². The first kappa shape index (κ1) is 15.0. The van der Waals surface area contributed by atoms with Gasteiger partial charge in [0.2, 0.25) is 0 Å². The smallest absolute Gasteiger partial charge is 0.0557 e. The highest BCUT2D eigenvalue weighted by molar-refractivity contribution is 5.44. The summed E-state index contributed by atoms with van der Waals surface area (Å²) in [7, 11) is 0. The largest absolute Gasteiger partial charge is 0.393 e. The fourth-order valence-corrected chi connectivity index (χ4v) is 2.15. The second kappa shape index (κ2) is 8.09. The second-order valence-electron chi connectivity index (χ2n) is 4.43. The molecular weight excluding hydrogens is 224 g/mol. The molecule has 3 nitrogen and oxygen atoms in total. The third-order valence-electron chi connectivity index (χ3n) is 3.23. The molecule has 1 unspecified atom stereocenters. The van der Waals surface area contributed by atoms with Crippen LogP contribution in [-0.4, -0.2) is 29.3 Å². The summed E-state index contributed by atoms with van der Waals surface area (Å²) in [5.41, 5.74) is 2.32. The zero-order chi connectivity index (χ0) is 13.4. The molecule has 0 aromatic carbocycles. The van der Waals surface area contributed by atoms with Crippen molar-refractivity contribution in [3.8, 4) is 0 Å². The number of nitrogens with zero attached hydrogens (tertiary/aromatic N) is 2. The number of anilines is 1. The molecule has 1 fully saturated rings. The summed E-state index contributed by atoms with van der Waals surface area (Å²) in [6.07, 6.45) is 5.69. The van der Waals surface area contributed by atoms with Crippen LogP contribution in [-0.2, 0) is 6.42 Å². The zero-order valence-corrected chi connectivity index (χ0v) is 11.9. The second-order valence-corrected chi connectivity index (χ2v) is 4.43. The zero-order valence-electron chi connectivity index (χ0n) is 11.9. The summed E-state index contributed by atoms with van der Waals surface area (Å²) in [6.45, 7) is 8.09. The lowest BCUT2D eigenvalue weighted by molar-refractivity contribution is 0.161. The van der Waals surface area contributed by atoms with E-state index in [1.165, 1.54) is 5.69 Å². The van der Waals surface area contributed by atoms with Gasteiger partial charge in [0.15, 0.2) is 0 Å². The molecule has 3 heteroatoms. The molecule has 0 amide bonds. The van der Waals surface area contributed by atoms with Gasteiger partial charge >= 0.3 is 0 Å². The monoisotopic (exact) mass is 250 g/mol. The van der Waals surface area contributed by atoms with Gasteiger partial charge in [0.05, 0.1) is 18.0 Å². The minimum Gasteiger partial charge on any atom is -0.393 e. The average Bonchev–Trinajstić information content (AvgIpc) is 2.66. The van der Waals surface area contributed by atoms with Gasteiger partial charge in [-0.25, -0.2) is 0 Å². The molecule has 18 heavy (non-hydrogen) atoms. The predicted molar refractivity (Wildman–Crippen MR) is 77.0 cm³/mol. The quantitative estimate of drug-likeness (QED) is 0.876. The van der Waals surface area contributed by atoms with Crippen LogP contribution in [0.15, 0.2) is 18.3 Å². The molecule has 2 heterocycles. The Balaban J connectivity index is 0.000000771. The van der Waals surface area contributed by atoms with E-state index in [1.807, 2.05) is 20.0 Å². The third kappa shape index (κ3) is 4.30. The van der Waals surface area contributed by atoms with E-state index < -0.39 is 0 Å². The van der Waals surface area contributed by atoms with Crippen LogP contribution in [0.4, 0.5) is 5.69 Å². The van der Waals surface area contributed by atoms with Crippen molar-refractivity contribution in [2.24, 2.45) is 0 Å². The number of aliphatic hydroxyl groups is 1. The lowest BCUT2D eigenvalue weighted by atomic mass is 10.2. The maximum atomic E-state index is 9.59.